The molecule has 0 saturated carbocycles. The smallest absolute Gasteiger partial charge is 0.332 e. The van der Waals surface area contributed by atoms with Crippen molar-refractivity contribution < 1.29 is 19.4 Å². The maximum Gasteiger partial charge on any atom is 0.332 e. The molecule has 2 heterocycles. The third kappa shape index (κ3) is 3.30. The summed E-state index contributed by atoms with van der Waals surface area (Å²) in [5.74, 6) is -1.27. The summed E-state index contributed by atoms with van der Waals surface area (Å²) >= 11 is 1.48. The van der Waals surface area contributed by atoms with Gasteiger partial charge >= 0.3 is 5.97 Å². The van der Waals surface area contributed by atoms with Gasteiger partial charge in [-0.1, -0.05) is 6.92 Å². The van der Waals surface area contributed by atoms with E-state index >= 15 is 0 Å². The molecule has 2 rings (SSSR count). The highest BCUT2D eigenvalue weighted by molar-refractivity contribution is 7.09. The van der Waals surface area contributed by atoms with Crippen LogP contribution in [0.4, 0.5) is 0 Å². The number of rotatable bonds is 5. The summed E-state index contributed by atoms with van der Waals surface area (Å²) in [6, 6.07) is -0.139. The zero-order valence-corrected chi connectivity index (χ0v) is 11.4. The van der Waals surface area contributed by atoms with Crippen LogP contribution in [0, 0.1) is 0 Å². The third-order valence-corrected chi connectivity index (χ3v) is 3.95. The molecule has 0 spiro atoms. The fraction of sp³-hybridized carbons (Fsp3) is 0.583. The van der Waals surface area contributed by atoms with Crippen LogP contribution in [0.1, 0.15) is 37.2 Å². The molecule has 1 aromatic heterocycles. The predicted molar refractivity (Wildman–Crippen MR) is 68.8 cm³/mol. The van der Waals surface area contributed by atoms with Crippen LogP contribution in [-0.2, 0) is 14.3 Å². The summed E-state index contributed by atoms with van der Waals surface area (Å²) in [4.78, 5) is 27.0. The number of ether oxygens (including phenoxy) is 1. The van der Waals surface area contributed by atoms with Gasteiger partial charge in [0.1, 0.15) is 11.1 Å². The lowest BCUT2D eigenvalue weighted by Gasteiger charge is -2.17. The number of carboxylic acid groups (broad SMARTS) is 1. The van der Waals surface area contributed by atoms with E-state index in [9.17, 15) is 9.59 Å². The number of carboxylic acids is 1. The van der Waals surface area contributed by atoms with Gasteiger partial charge in [-0.05, 0) is 19.3 Å². The molecular formula is C12H16N2O4S. The number of nitrogens with zero attached hydrogens (tertiary/aromatic N) is 1. The van der Waals surface area contributed by atoms with Crippen molar-refractivity contribution in [3.63, 3.8) is 0 Å². The monoisotopic (exact) mass is 284 g/mol. The maximum atomic E-state index is 12.0. The molecule has 1 fully saturated rings. The molecule has 19 heavy (non-hydrogen) atoms. The molecule has 1 aliphatic rings. The van der Waals surface area contributed by atoms with Crippen molar-refractivity contribution in [3.8, 4) is 0 Å². The van der Waals surface area contributed by atoms with Crippen molar-refractivity contribution in [2.75, 3.05) is 0 Å². The average molecular weight is 284 g/mol. The van der Waals surface area contributed by atoms with E-state index in [-0.39, 0.29) is 11.9 Å². The summed E-state index contributed by atoms with van der Waals surface area (Å²) in [5, 5.41) is 14.4. The lowest BCUT2D eigenvalue weighted by atomic mass is 10.1. The minimum absolute atomic E-state index is 0.139. The summed E-state index contributed by atoms with van der Waals surface area (Å²) in [5.41, 5.74) is 0. The van der Waals surface area contributed by atoms with Gasteiger partial charge in [0.15, 0.2) is 6.10 Å². The second kappa shape index (κ2) is 6.12. The summed E-state index contributed by atoms with van der Waals surface area (Å²) in [7, 11) is 0. The molecular weight excluding hydrogens is 268 g/mol. The molecule has 1 saturated heterocycles. The van der Waals surface area contributed by atoms with Crippen molar-refractivity contribution in [2.45, 2.75) is 44.4 Å². The first kappa shape index (κ1) is 14.0. The Kier molecular flexibility index (Phi) is 4.49. The molecule has 0 aromatic carbocycles. The standard InChI is InChI=1S/C12H16N2O4S/c1-2-7(11-13-5-6-19-11)14-10(15)8-3-4-9(18-8)12(16)17/h5-9H,2-4H2,1H3,(H,14,15)(H,16,17)/t7?,8-,9+/m0/s1. The molecule has 3 atom stereocenters. The Bertz CT molecular complexity index is 449. The van der Waals surface area contributed by atoms with Crippen molar-refractivity contribution in [2.24, 2.45) is 0 Å². The van der Waals surface area contributed by atoms with Crippen molar-refractivity contribution in [1.82, 2.24) is 10.3 Å². The highest BCUT2D eigenvalue weighted by atomic mass is 32.1. The first-order chi connectivity index (χ1) is 9.11. The van der Waals surface area contributed by atoms with Crippen LogP contribution >= 0.6 is 11.3 Å². The minimum Gasteiger partial charge on any atom is -0.479 e. The zero-order chi connectivity index (χ0) is 13.8. The summed E-state index contributed by atoms with van der Waals surface area (Å²) < 4.78 is 5.22. The summed E-state index contributed by atoms with van der Waals surface area (Å²) in [6.45, 7) is 1.96. The van der Waals surface area contributed by atoms with Gasteiger partial charge in [-0.25, -0.2) is 9.78 Å². The number of thiazole rings is 1. The van der Waals surface area contributed by atoms with Gasteiger partial charge in [-0.3, -0.25) is 4.79 Å². The number of aliphatic carboxylic acids is 1. The van der Waals surface area contributed by atoms with Crippen LogP contribution in [0.5, 0.6) is 0 Å². The Morgan fingerprint density at radius 3 is 2.84 bits per heavy atom. The Hall–Kier alpha value is -1.47. The van der Waals surface area contributed by atoms with Gasteiger partial charge in [0.05, 0.1) is 6.04 Å². The molecule has 0 radical (unpaired) electrons. The summed E-state index contributed by atoms with van der Waals surface area (Å²) in [6.07, 6.45) is 1.71. The normalized spacial score (nSPS) is 24.1. The molecule has 1 aliphatic heterocycles. The van der Waals surface area contributed by atoms with E-state index in [1.807, 2.05) is 12.3 Å². The first-order valence-electron chi connectivity index (χ1n) is 6.19. The Morgan fingerprint density at radius 1 is 1.58 bits per heavy atom. The minimum atomic E-state index is -1.01. The number of amides is 1. The van der Waals surface area contributed by atoms with Gasteiger partial charge < -0.3 is 15.2 Å². The van der Waals surface area contributed by atoms with Crippen LogP contribution in [0.15, 0.2) is 11.6 Å². The van der Waals surface area contributed by atoms with E-state index < -0.39 is 18.2 Å². The highest BCUT2D eigenvalue weighted by Gasteiger charge is 2.35. The molecule has 1 amide bonds. The average Bonchev–Trinajstić information content (AvgIpc) is 3.05. The molecule has 1 unspecified atom stereocenters. The van der Waals surface area contributed by atoms with Gasteiger partial charge in [0.25, 0.3) is 0 Å². The Labute approximate surface area is 114 Å². The third-order valence-electron chi connectivity index (χ3n) is 3.06. The number of carbonyl (C=O) groups excluding carboxylic acids is 1. The number of aromatic nitrogens is 1. The van der Waals surface area contributed by atoms with Gasteiger partial charge in [-0.15, -0.1) is 11.3 Å². The van der Waals surface area contributed by atoms with Crippen molar-refractivity contribution >= 4 is 23.2 Å². The quantitative estimate of drug-likeness (QED) is 0.852. The molecule has 1 aromatic rings. The maximum absolute atomic E-state index is 12.0. The Morgan fingerprint density at radius 2 is 2.32 bits per heavy atom. The van der Waals surface area contributed by atoms with E-state index in [0.717, 1.165) is 11.4 Å². The zero-order valence-electron chi connectivity index (χ0n) is 10.5. The van der Waals surface area contributed by atoms with Gasteiger partial charge in [0, 0.05) is 11.6 Å². The number of hydrogen-bond donors (Lipinski definition) is 2. The van der Waals surface area contributed by atoms with Crippen LogP contribution in [0.2, 0.25) is 0 Å². The molecule has 6 nitrogen and oxygen atoms in total. The SMILES string of the molecule is CCC(NC(=O)[C@@H]1CC[C@H](C(=O)O)O1)c1nccs1. The fourth-order valence-corrected chi connectivity index (χ4v) is 2.79. The van der Waals surface area contributed by atoms with Crippen LogP contribution in [0.25, 0.3) is 0 Å². The van der Waals surface area contributed by atoms with Crippen LogP contribution in [-0.4, -0.2) is 34.2 Å². The van der Waals surface area contributed by atoms with E-state index in [1.165, 1.54) is 11.3 Å². The Balaban J connectivity index is 1.92. The molecule has 0 aliphatic carbocycles. The number of carbonyl (C=O) groups is 2. The highest BCUT2D eigenvalue weighted by Crippen LogP contribution is 2.23. The molecule has 0 bridgehead atoms. The second-order valence-corrected chi connectivity index (χ2v) is 5.29. The van der Waals surface area contributed by atoms with Crippen LogP contribution < -0.4 is 5.32 Å². The first-order valence-corrected chi connectivity index (χ1v) is 7.07. The topological polar surface area (TPSA) is 88.5 Å². The van der Waals surface area contributed by atoms with Gasteiger partial charge in [0.2, 0.25) is 5.91 Å². The molecule has 104 valence electrons. The lowest BCUT2D eigenvalue weighted by molar-refractivity contribution is -0.151. The van der Waals surface area contributed by atoms with E-state index in [0.29, 0.717) is 12.8 Å². The predicted octanol–water partition coefficient (Wildman–Crippen LogP) is 1.34. The van der Waals surface area contributed by atoms with E-state index in [1.54, 1.807) is 6.20 Å². The van der Waals surface area contributed by atoms with Crippen molar-refractivity contribution in [1.29, 1.82) is 0 Å². The van der Waals surface area contributed by atoms with E-state index in [4.69, 9.17) is 9.84 Å². The lowest BCUT2D eigenvalue weighted by Crippen LogP contribution is -2.37. The van der Waals surface area contributed by atoms with Crippen molar-refractivity contribution in [3.05, 3.63) is 16.6 Å². The fourth-order valence-electron chi connectivity index (χ4n) is 2.02. The number of hydrogen-bond acceptors (Lipinski definition) is 5. The van der Waals surface area contributed by atoms with Crippen LogP contribution in [0.3, 0.4) is 0 Å². The second-order valence-electron chi connectivity index (χ2n) is 4.37. The molecule has 7 heteroatoms. The number of nitrogens with one attached hydrogen (secondary N) is 1. The van der Waals surface area contributed by atoms with E-state index in [2.05, 4.69) is 10.3 Å². The molecule has 2 N–H and O–H groups in total. The largest absolute Gasteiger partial charge is 0.479 e. The van der Waals surface area contributed by atoms with Gasteiger partial charge in [-0.2, -0.15) is 0 Å².